The summed E-state index contributed by atoms with van der Waals surface area (Å²) in [7, 11) is 1.58. The number of carboxylic acids is 1. The average Bonchev–Trinajstić information content (AvgIpc) is 3.26. The van der Waals surface area contributed by atoms with Gasteiger partial charge in [0.15, 0.2) is 6.61 Å². The van der Waals surface area contributed by atoms with Crippen LogP contribution in [0.5, 0.6) is 11.5 Å². The van der Waals surface area contributed by atoms with Gasteiger partial charge in [-0.3, -0.25) is 4.79 Å². The van der Waals surface area contributed by atoms with Crippen LogP contribution in [-0.4, -0.2) is 36.7 Å². The summed E-state index contributed by atoms with van der Waals surface area (Å²) >= 11 is 0. The van der Waals surface area contributed by atoms with Crippen molar-refractivity contribution in [3.63, 3.8) is 0 Å². The molecule has 0 radical (unpaired) electrons. The molecular formula is C15H19NO5. The van der Waals surface area contributed by atoms with Gasteiger partial charge >= 0.3 is 5.97 Å². The van der Waals surface area contributed by atoms with Crippen LogP contribution in [0, 0.1) is 12.8 Å². The summed E-state index contributed by atoms with van der Waals surface area (Å²) in [5, 5.41) is 11.5. The summed E-state index contributed by atoms with van der Waals surface area (Å²) in [6, 6.07) is 4.42. The Labute approximate surface area is 123 Å². The molecule has 1 amide bonds. The number of methoxy groups -OCH3 is 1. The predicted octanol–water partition coefficient (Wildman–Crippen LogP) is 1.36. The maximum absolute atomic E-state index is 11.7. The Morgan fingerprint density at radius 3 is 2.67 bits per heavy atom. The number of rotatable bonds is 7. The maximum atomic E-state index is 11.7. The fourth-order valence-corrected chi connectivity index (χ4v) is 2.12. The highest BCUT2D eigenvalue weighted by molar-refractivity contribution is 5.84. The monoisotopic (exact) mass is 293 g/mol. The van der Waals surface area contributed by atoms with Crippen LogP contribution in [0.15, 0.2) is 18.2 Å². The number of benzene rings is 1. The third-order valence-corrected chi connectivity index (χ3v) is 3.41. The molecular weight excluding hydrogens is 274 g/mol. The number of carbonyl (C=O) groups is 2. The molecule has 1 aliphatic rings. The Morgan fingerprint density at radius 1 is 1.43 bits per heavy atom. The second-order valence-electron chi connectivity index (χ2n) is 5.14. The van der Waals surface area contributed by atoms with Gasteiger partial charge in [0.1, 0.15) is 17.5 Å². The summed E-state index contributed by atoms with van der Waals surface area (Å²) in [6.07, 6.45) is 1.69. The number of aliphatic carboxylic acids is 1. The van der Waals surface area contributed by atoms with Crippen molar-refractivity contribution in [2.24, 2.45) is 5.92 Å². The summed E-state index contributed by atoms with van der Waals surface area (Å²) in [6.45, 7) is 1.67. The van der Waals surface area contributed by atoms with E-state index in [1.165, 1.54) is 0 Å². The summed E-state index contributed by atoms with van der Waals surface area (Å²) in [5.41, 5.74) is 0.900. The largest absolute Gasteiger partial charge is 0.496 e. The van der Waals surface area contributed by atoms with Crippen LogP contribution in [0.25, 0.3) is 0 Å². The molecule has 2 rings (SSSR count). The van der Waals surface area contributed by atoms with Crippen molar-refractivity contribution >= 4 is 11.9 Å². The lowest BCUT2D eigenvalue weighted by molar-refractivity contribution is -0.142. The van der Waals surface area contributed by atoms with E-state index in [4.69, 9.17) is 14.6 Å². The third-order valence-electron chi connectivity index (χ3n) is 3.41. The molecule has 1 aromatic carbocycles. The van der Waals surface area contributed by atoms with Crippen LogP contribution in [0.2, 0.25) is 0 Å². The number of aryl methyl sites for hydroxylation is 1. The van der Waals surface area contributed by atoms with Crippen LogP contribution in [0.3, 0.4) is 0 Å². The molecule has 0 aromatic heterocycles. The van der Waals surface area contributed by atoms with Crippen molar-refractivity contribution in [2.75, 3.05) is 13.7 Å². The molecule has 1 aliphatic carbocycles. The maximum Gasteiger partial charge on any atom is 0.326 e. The Balaban J connectivity index is 1.86. The first kappa shape index (κ1) is 15.2. The summed E-state index contributed by atoms with van der Waals surface area (Å²) in [4.78, 5) is 22.8. The molecule has 2 N–H and O–H groups in total. The Kier molecular flexibility index (Phi) is 4.67. The number of hydrogen-bond acceptors (Lipinski definition) is 4. The van der Waals surface area contributed by atoms with Gasteiger partial charge in [0, 0.05) is 0 Å². The highest BCUT2D eigenvalue weighted by Crippen LogP contribution is 2.32. The smallest absolute Gasteiger partial charge is 0.326 e. The van der Waals surface area contributed by atoms with E-state index >= 15 is 0 Å². The Morgan fingerprint density at radius 2 is 2.14 bits per heavy atom. The number of ether oxygens (including phenoxy) is 2. The molecule has 21 heavy (non-hydrogen) atoms. The Hall–Kier alpha value is -2.24. The predicted molar refractivity (Wildman–Crippen MR) is 75.5 cm³/mol. The first-order chi connectivity index (χ1) is 10.0. The molecule has 1 unspecified atom stereocenters. The van der Waals surface area contributed by atoms with E-state index in [9.17, 15) is 9.59 Å². The summed E-state index contributed by atoms with van der Waals surface area (Å²) in [5.74, 6) is -0.0863. The van der Waals surface area contributed by atoms with Gasteiger partial charge in [-0.25, -0.2) is 4.79 Å². The molecule has 0 spiro atoms. The van der Waals surface area contributed by atoms with E-state index in [1.54, 1.807) is 25.3 Å². The molecule has 1 saturated carbocycles. The van der Waals surface area contributed by atoms with Crippen LogP contribution in [0.1, 0.15) is 18.4 Å². The zero-order valence-electron chi connectivity index (χ0n) is 12.1. The second-order valence-corrected chi connectivity index (χ2v) is 5.14. The van der Waals surface area contributed by atoms with Gasteiger partial charge in [-0.15, -0.1) is 0 Å². The highest BCUT2D eigenvalue weighted by Gasteiger charge is 2.37. The number of nitrogens with one attached hydrogen (secondary N) is 1. The zero-order chi connectivity index (χ0) is 15.4. The molecule has 0 heterocycles. The topological polar surface area (TPSA) is 84.9 Å². The van der Waals surface area contributed by atoms with Gasteiger partial charge in [0.25, 0.3) is 5.91 Å². The quantitative estimate of drug-likeness (QED) is 0.793. The number of carboxylic acid groups (broad SMARTS) is 1. The molecule has 114 valence electrons. The minimum Gasteiger partial charge on any atom is -0.496 e. The van der Waals surface area contributed by atoms with Crippen LogP contribution in [0.4, 0.5) is 0 Å². The standard InChI is InChI=1S/C15H19NO5/c1-9-7-11(5-6-12(9)20-2)21-8-13(17)16-14(15(18)19)10-3-4-10/h5-7,10,14H,3-4,8H2,1-2H3,(H,16,17)(H,18,19). The van der Waals surface area contributed by atoms with E-state index < -0.39 is 17.9 Å². The molecule has 1 atom stereocenters. The van der Waals surface area contributed by atoms with Gasteiger partial charge in [-0.2, -0.15) is 0 Å². The first-order valence-corrected chi connectivity index (χ1v) is 6.81. The molecule has 1 fully saturated rings. The lowest BCUT2D eigenvalue weighted by atomic mass is 10.2. The molecule has 0 aliphatic heterocycles. The van der Waals surface area contributed by atoms with Crippen LogP contribution >= 0.6 is 0 Å². The van der Waals surface area contributed by atoms with Crippen molar-refractivity contribution in [3.05, 3.63) is 23.8 Å². The van der Waals surface area contributed by atoms with E-state index in [0.29, 0.717) is 5.75 Å². The fourth-order valence-electron chi connectivity index (χ4n) is 2.12. The summed E-state index contributed by atoms with van der Waals surface area (Å²) < 4.78 is 10.5. The van der Waals surface area contributed by atoms with Gasteiger partial charge in [0.05, 0.1) is 7.11 Å². The van der Waals surface area contributed by atoms with E-state index in [1.807, 2.05) is 6.92 Å². The first-order valence-electron chi connectivity index (χ1n) is 6.81. The lowest BCUT2D eigenvalue weighted by Gasteiger charge is -2.14. The van der Waals surface area contributed by atoms with E-state index in [2.05, 4.69) is 5.32 Å². The van der Waals surface area contributed by atoms with Gasteiger partial charge < -0.3 is 19.9 Å². The minimum absolute atomic E-state index is 0.0506. The molecule has 0 saturated heterocycles. The SMILES string of the molecule is COc1ccc(OCC(=O)NC(C(=O)O)C2CC2)cc1C. The van der Waals surface area contributed by atoms with E-state index in [0.717, 1.165) is 24.2 Å². The van der Waals surface area contributed by atoms with Gasteiger partial charge in [-0.05, 0) is 49.4 Å². The number of carbonyl (C=O) groups excluding carboxylic acids is 1. The lowest BCUT2D eigenvalue weighted by Crippen LogP contribution is -2.44. The molecule has 6 nitrogen and oxygen atoms in total. The number of amides is 1. The Bertz CT molecular complexity index is 539. The van der Waals surface area contributed by atoms with E-state index in [-0.39, 0.29) is 12.5 Å². The van der Waals surface area contributed by atoms with Crippen molar-refractivity contribution in [1.29, 1.82) is 0 Å². The van der Waals surface area contributed by atoms with Gasteiger partial charge in [-0.1, -0.05) is 0 Å². The average molecular weight is 293 g/mol. The minimum atomic E-state index is -0.994. The molecule has 0 bridgehead atoms. The second kappa shape index (κ2) is 6.47. The van der Waals surface area contributed by atoms with Crippen molar-refractivity contribution in [1.82, 2.24) is 5.32 Å². The van der Waals surface area contributed by atoms with Crippen molar-refractivity contribution in [3.8, 4) is 11.5 Å². The van der Waals surface area contributed by atoms with Gasteiger partial charge in [0.2, 0.25) is 0 Å². The van der Waals surface area contributed by atoms with Crippen molar-refractivity contribution < 1.29 is 24.2 Å². The normalized spacial score (nSPS) is 15.1. The van der Waals surface area contributed by atoms with Crippen molar-refractivity contribution in [2.45, 2.75) is 25.8 Å². The molecule has 1 aromatic rings. The zero-order valence-corrected chi connectivity index (χ0v) is 12.1. The van der Waals surface area contributed by atoms with Crippen LogP contribution in [-0.2, 0) is 9.59 Å². The third kappa shape index (κ3) is 4.11. The van der Waals surface area contributed by atoms with Crippen LogP contribution < -0.4 is 14.8 Å². The highest BCUT2D eigenvalue weighted by atomic mass is 16.5. The number of hydrogen-bond donors (Lipinski definition) is 2. The molecule has 6 heteroatoms. The fraction of sp³-hybridized carbons (Fsp3) is 0.467.